The Balaban J connectivity index is 2.63. The molecule has 0 spiro atoms. The molecule has 1 fully saturated rings. The second kappa shape index (κ2) is 6.15. The number of hydrogen-bond donors (Lipinski definition) is 3. The average molecular weight is 274 g/mol. The summed E-state index contributed by atoms with van der Waals surface area (Å²) in [5.74, 6) is 0.878. The molecule has 100 valence electrons. The van der Waals surface area contributed by atoms with Gasteiger partial charge in [0.1, 0.15) is 40.1 Å². The van der Waals surface area contributed by atoms with Crippen molar-refractivity contribution in [2.75, 3.05) is 6.61 Å². The molecule has 0 bridgehead atoms. The molecule has 0 amide bonds. The van der Waals surface area contributed by atoms with Gasteiger partial charge < -0.3 is 24.4 Å². The Labute approximate surface area is 107 Å². The normalized spacial score (nSPS) is 33.1. The zero-order valence-electron chi connectivity index (χ0n) is 9.97. The molecule has 1 aliphatic rings. The van der Waals surface area contributed by atoms with E-state index in [9.17, 15) is 9.90 Å². The van der Waals surface area contributed by atoms with E-state index in [4.69, 9.17) is 27.1 Å². The van der Waals surface area contributed by atoms with Crippen LogP contribution >= 0.6 is 7.34 Å². The van der Waals surface area contributed by atoms with Gasteiger partial charge in [-0.25, -0.2) is 0 Å². The summed E-state index contributed by atoms with van der Waals surface area (Å²) in [4.78, 5) is 29.0. The van der Waals surface area contributed by atoms with E-state index in [1.54, 1.807) is 0 Å². The van der Waals surface area contributed by atoms with Crippen LogP contribution in [0.25, 0.3) is 0 Å². The van der Waals surface area contributed by atoms with Crippen molar-refractivity contribution in [2.24, 2.45) is 0 Å². The van der Waals surface area contributed by atoms with Gasteiger partial charge in [-0.3, -0.25) is 4.79 Å². The first-order valence-electron chi connectivity index (χ1n) is 5.29. The summed E-state index contributed by atoms with van der Waals surface area (Å²) in [6.07, 6.45) is 1.69. The van der Waals surface area contributed by atoms with Gasteiger partial charge in [0.15, 0.2) is 5.78 Å². The summed E-state index contributed by atoms with van der Waals surface area (Å²) in [7, 11) is 2.28. The predicted molar refractivity (Wildman–Crippen MR) is 68.5 cm³/mol. The number of aliphatic hydroxyl groups is 1. The van der Waals surface area contributed by atoms with Crippen molar-refractivity contribution in [3.63, 3.8) is 0 Å². The minimum absolute atomic E-state index is 0.165. The van der Waals surface area contributed by atoms with E-state index in [1.807, 2.05) is 0 Å². The van der Waals surface area contributed by atoms with Gasteiger partial charge in [0.2, 0.25) is 0 Å². The van der Waals surface area contributed by atoms with Crippen LogP contribution < -0.4 is 0 Å². The number of Topliss-reactive ketones (excluding diaryl/α,β-unsaturated/α-hetero) is 1. The highest BCUT2D eigenvalue weighted by molar-refractivity contribution is 7.65. The van der Waals surface area contributed by atoms with Gasteiger partial charge in [0.25, 0.3) is 0 Å². The van der Waals surface area contributed by atoms with E-state index in [0.29, 0.717) is 0 Å². The molecule has 0 aromatic carbocycles. The van der Waals surface area contributed by atoms with Crippen molar-refractivity contribution >= 4 is 27.3 Å². The van der Waals surface area contributed by atoms with Gasteiger partial charge in [-0.1, -0.05) is 0 Å². The number of aliphatic hydroxyl groups excluding tert-OH is 1. The highest BCUT2D eigenvalue weighted by Gasteiger charge is 2.40. The summed E-state index contributed by atoms with van der Waals surface area (Å²) in [6, 6.07) is -0.885. The number of hydrogen-bond acceptors (Lipinski definition) is 6. The Hall–Kier alpha value is -0.425. The molecule has 1 rings (SSSR count). The fourth-order valence-corrected chi connectivity index (χ4v) is 1.95. The molecule has 1 saturated heterocycles. The van der Waals surface area contributed by atoms with E-state index < -0.39 is 31.7 Å². The highest BCUT2D eigenvalue weighted by atomic mass is 31.2. The molecular weight excluding hydrogens is 258 g/mol. The maximum absolute atomic E-state index is 10.8. The van der Waals surface area contributed by atoms with Crippen molar-refractivity contribution in [3.05, 3.63) is 11.9 Å². The number of rotatable bonds is 5. The average Bonchev–Trinajstić information content (AvgIpc) is 2.47. The number of carbonyl (C=O) groups is 1. The first-order valence-corrected chi connectivity index (χ1v) is 7.23. The Morgan fingerprint density at radius 3 is 2.72 bits per heavy atom. The lowest BCUT2D eigenvalue weighted by molar-refractivity contribution is -0.125. The molecule has 0 saturated carbocycles. The lowest BCUT2D eigenvalue weighted by atomic mass is 9.93. The smallest absolute Gasteiger partial charge is 0.155 e. The van der Waals surface area contributed by atoms with Crippen LogP contribution in [0.4, 0.5) is 0 Å². The first-order chi connectivity index (χ1) is 8.20. The molecule has 3 N–H and O–H groups in total. The summed E-state index contributed by atoms with van der Waals surface area (Å²) < 4.78 is 10.3. The van der Waals surface area contributed by atoms with Gasteiger partial charge in [-0.05, 0) is 25.1 Å². The van der Waals surface area contributed by atoms with Crippen LogP contribution in [0.1, 0.15) is 6.92 Å². The molecule has 0 aromatic rings. The van der Waals surface area contributed by atoms with Crippen molar-refractivity contribution in [1.82, 2.24) is 0 Å². The van der Waals surface area contributed by atoms with Gasteiger partial charge >= 0.3 is 0 Å². The fraction of sp³-hybridized carbons (Fsp3) is 0.600. The van der Waals surface area contributed by atoms with Gasteiger partial charge in [0.05, 0.1) is 0 Å². The molecule has 1 heterocycles. The zero-order valence-corrected chi connectivity index (χ0v) is 10.9. The monoisotopic (exact) mass is 274 g/mol. The maximum Gasteiger partial charge on any atom is 0.155 e. The van der Waals surface area contributed by atoms with E-state index in [-0.39, 0.29) is 12.4 Å². The largest absolute Gasteiger partial charge is 0.387 e. The molecule has 8 heteroatoms. The number of carbonyl (C=O) groups excluding carboxylic acids is 1. The van der Waals surface area contributed by atoms with Crippen LogP contribution in [0.5, 0.6) is 0 Å². The van der Waals surface area contributed by atoms with Crippen LogP contribution in [0.3, 0.4) is 0 Å². The molecule has 18 heavy (non-hydrogen) atoms. The maximum atomic E-state index is 10.8. The summed E-state index contributed by atoms with van der Waals surface area (Å²) in [5.41, 5.74) is 0. The molecule has 1 unspecified atom stereocenters. The van der Waals surface area contributed by atoms with Crippen molar-refractivity contribution < 1.29 is 29.2 Å². The molecular formula is C10H16BO6P. The molecule has 0 aromatic heterocycles. The predicted octanol–water partition coefficient (Wildman–Crippen LogP) is -1.01. The van der Waals surface area contributed by atoms with Gasteiger partial charge in [0, 0.05) is 6.00 Å². The lowest BCUT2D eigenvalue weighted by Gasteiger charge is -2.17. The summed E-state index contributed by atoms with van der Waals surface area (Å²) in [5, 5.41) is 9.86. The number of ketones is 1. The van der Waals surface area contributed by atoms with Crippen LogP contribution in [-0.4, -0.2) is 65.7 Å². The van der Waals surface area contributed by atoms with E-state index in [2.05, 4.69) is 6.30 Å². The van der Waals surface area contributed by atoms with Crippen LogP contribution in [0, 0.1) is 0 Å². The Morgan fingerprint density at radius 1 is 1.61 bits per heavy atom. The number of ether oxygens (including phenoxy) is 2. The molecule has 1 aliphatic heterocycles. The van der Waals surface area contributed by atoms with Crippen LogP contribution in [0.15, 0.2) is 11.9 Å². The van der Waals surface area contributed by atoms with E-state index in [1.165, 1.54) is 13.0 Å². The third kappa shape index (κ3) is 4.68. The van der Waals surface area contributed by atoms with Gasteiger partial charge in [-0.15, -0.1) is 0 Å². The highest BCUT2D eigenvalue weighted by Crippen LogP contribution is 2.36. The molecule has 4 atom stereocenters. The van der Waals surface area contributed by atoms with Crippen LogP contribution in [0.2, 0.25) is 0 Å². The Bertz CT molecular complexity index is 379. The molecule has 0 aliphatic carbocycles. The molecule has 2 radical (unpaired) electrons. The van der Waals surface area contributed by atoms with Gasteiger partial charge in [-0.2, -0.15) is 0 Å². The summed E-state index contributed by atoms with van der Waals surface area (Å²) in [6.45, 7) is 1.19. The van der Waals surface area contributed by atoms with Crippen molar-refractivity contribution in [3.8, 4) is 0 Å². The lowest BCUT2D eigenvalue weighted by Crippen LogP contribution is -2.36. The van der Waals surface area contributed by atoms with Crippen molar-refractivity contribution in [1.29, 1.82) is 0 Å². The SMILES string of the molecule is [B][C@@H]1O[C@H](/C=C/P(=C)(O)O)[C@H](O)C1OCC(C)=O. The second-order valence-corrected chi connectivity index (χ2v) is 6.03. The topological polar surface area (TPSA) is 96.2 Å². The first kappa shape index (κ1) is 15.6. The minimum Gasteiger partial charge on any atom is -0.387 e. The van der Waals surface area contributed by atoms with E-state index >= 15 is 0 Å². The Morgan fingerprint density at radius 2 is 2.22 bits per heavy atom. The third-order valence-electron chi connectivity index (χ3n) is 2.30. The minimum atomic E-state index is -3.32. The Kier molecular flexibility index (Phi) is 5.34. The quantitative estimate of drug-likeness (QED) is 0.439. The fourth-order valence-electron chi connectivity index (χ4n) is 1.51. The van der Waals surface area contributed by atoms with Crippen molar-refractivity contribution in [2.45, 2.75) is 31.2 Å². The zero-order chi connectivity index (χ0) is 13.9. The standard InChI is InChI=1S/C10H16BO6P/c1-6(12)5-16-9-8(13)7(17-10(9)11)3-4-18(2,14)15/h3-4,7-10,13-15H,2,5H2,1H3/b4-3+/t7-,8+,9?,10-/m1/s1. The molecule has 6 nitrogen and oxygen atoms in total. The van der Waals surface area contributed by atoms with Crippen LogP contribution in [-0.2, 0) is 14.3 Å². The second-order valence-electron chi connectivity index (χ2n) is 4.16. The third-order valence-corrected chi connectivity index (χ3v) is 2.95. The summed E-state index contributed by atoms with van der Waals surface area (Å²) >= 11 is 0. The van der Waals surface area contributed by atoms with E-state index in [0.717, 1.165) is 5.82 Å².